The monoisotopic (exact) mass is 375 g/mol. The van der Waals surface area contributed by atoms with Crippen molar-refractivity contribution < 1.29 is 17.9 Å². The van der Waals surface area contributed by atoms with Crippen LogP contribution in [-0.2, 0) is 16.9 Å². The third-order valence-electron chi connectivity index (χ3n) is 5.54. The predicted molar refractivity (Wildman–Crippen MR) is 95.7 cm³/mol. The lowest BCUT2D eigenvalue weighted by Crippen LogP contribution is -2.69. The number of rotatable bonds is 4. The highest BCUT2D eigenvalue weighted by molar-refractivity contribution is 7.93. The number of amides is 1. The molecule has 0 radical (unpaired) electrons. The van der Waals surface area contributed by atoms with Gasteiger partial charge >= 0.3 is 0 Å². The average molecular weight is 375 g/mol. The summed E-state index contributed by atoms with van der Waals surface area (Å²) in [5.74, 6) is 0.375. The molecule has 8 heteroatoms. The minimum Gasteiger partial charge on any atom is -0.477 e. The van der Waals surface area contributed by atoms with E-state index >= 15 is 0 Å². The lowest BCUT2D eigenvalue weighted by atomic mass is 9.83. The minimum atomic E-state index is -3.25. The van der Waals surface area contributed by atoms with Crippen LogP contribution in [-0.4, -0.2) is 59.0 Å². The maximum Gasteiger partial charge on any atom is 0.270 e. The van der Waals surface area contributed by atoms with E-state index in [1.54, 1.807) is 53.2 Å². The molecule has 138 valence electrons. The summed E-state index contributed by atoms with van der Waals surface area (Å²) in [5, 5.41) is 0. The fourth-order valence-electron chi connectivity index (χ4n) is 3.91. The summed E-state index contributed by atoms with van der Waals surface area (Å²) in [6.07, 6.45) is 4.00. The number of carbonyl (C=O) groups excluding carboxylic acids is 1. The van der Waals surface area contributed by atoms with Crippen LogP contribution in [0.15, 0.2) is 42.7 Å². The SMILES string of the molecule is Cn1cccc1C(=O)N1CC2(C1)C(COc1ccccn1)CCS2(=O)=O. The molecule has 0 bridgehead atoms. The highest BCUT2D eigenvalue weighted by Crippen LogP contribution is 2.45. The number of hydrogen-bond acceptors (Lipinski definition) is 5. The largest absolute Gasteiger partial charge is 0.477 e. The van der Waals surface area contributed by atoms with Crippen molar-refractivity contribution in [2.75, 3.05) is 25.4 Å². The standard InChI is InChI=1S/C18H21N3O4S/c1-20-9-4-5-15(20)17(22)21-12-18(13-21)14(7-10-26(18,23)24)11-25-16-6-2-3-8-19-16/h2-6,8-9,14H,7,10-13H2,1H3. The first kappa shape index (κ1) is 17.1. The molecule has 2 aromatic heterocycles. The number of carbonyl (C=O) groups is 1. The summed E-state index contributed by atoms with van der Waals surface area (Å²) in [6, 6.07) is 8.93. The molecule has 0 saturated carbocycles. The third kappa shape index (κ3) is 2.59. The van der Waals surface area contributed by atoms with E-state index in [1.807, 2.05) is 6.07 Å². The van der Waals surface area contributed by atoms with Crippen molar-refractivity contribution in [2.45, 2.75) is 11.2 Å². The number of aryl methyl sites for hydroxylation is 1. The van der Waals surface area contributed by atoms with Gasteiger partial charge in [0, 0.05) is 44.5 Å². The van der Waals surface area contributed by atoms with E-state index in [9.17, 15) is 13.2 Å². The van der Waals surface area contributed by atoms with Gasteiger partial charge in [-0.3, -0.25) is 4.79 Å². The normalized spacial score (nSPS) is 23.0. The Hall–Kier alpha value is -2.35. The molecule has 1 atom stereocenters. The van der Waals surface area contributed by atoms with Gasteiger partial charge in [-0.15, -0.1) is 0 Å². The molecular weight excluding hydrogens is 354 g/mol. The Labute approximate surface area is 152 Å². The van der Waals surface area contributed by atoms with Gasteiger partial charge in [-0.1, -0.05) is 6.07 Å². The summed E-state index contributed by atoms with van der Waals surface area (Å²) in [6.45, 7) is 0.758. The van der Waals surface area contributed by atoms with E-state index < -0.39 is 14.6 Å². The van der Waals surface area contributed by atoms with E-state index in [0.29, 0.717) is 24.6 Å². The molecule has 1 unspecified atom stereocenters. The Balaban J connectivity index is 1.48. The van der Waals surface area contributed by atoms with Crippen molar-refractivity contribution >= 4 is 15.7 Å². The fourth-order valence-corrected chi connectivity index (χ4v) is 6.32. The first-order valence-electron chi connectivity index (χ1n) is 8.60. The van der Waals surface area contributed by atoms with Gasteiger partial charge in [0.1, 0.15) is 10.4 Å². The first-order valence-corrected chi connectivity index (χ1v) is 10.2. The number of pyridine rings is 1. The average Bonchev–Trinajstić information content (AvgIpc) is 3.12. The lowest BCUT2D eigenvalue weighted by Gasteiger charge is -2.49. The Kier molecular flexibility index (Phi) is 4.02. The van der Waals surface area contributed by atoms with Gasteiger partial charge in [0.2, 0.25) is 5.88 Å². The molecule has 4 heterocycles. The molecule has 2 saturated heterocycles. The van der Waals surface area contributed by atoms with Crippen molar-refractivity contribution in [3.63, 3.8) is 0 Å². The van der Waals surface area contributed by atoms with Gasteiger partial charge in [0.25, 0.3) is 5.91 Å². The van der Waals surface area contributed by atoms with Crippen molar-refractivity contribution in [3.8, 4) is 5.88 Å². The van der Waals surface area contributed by atoms with Crippen LogP contribution in [0.3, 0.4) is 0 Å². The summed E-state index contributed by atoms with van der Waals surface area (Å²) in [7, 11) is -1.45. The van der Waals surface area contributed by atoms with E-state index in [1.165, 1.54) is 0 Å². The molecule has 1 amide bonds. The number of nitrogens with zero attached hydrogens (tertiary/aromatic N) is 3. The molecule has 26 heavy (non-hydrogen) atoms. The second kappa shape index (κ2) is 6.12. The molecule has 2 fully saturated rings. The predicted octanol–water partition coefficient (Wildman–Crippen LogP) is 1.13. The van der Waals surface area contributed by atoms with E-state index in [-0.39, 0.29) is 30.7 Å². The first-order chi connectivity index (χ1) is 12.4. The third-order valence-corrected chi connectivity index (χ3v) is 8.14. The minimum absolute atomic E-state index is 0.130. The number of ether oxygens (including phenoxy) is 1. The lowest BCUT2D eigenvalue weighted by molar-refractivity contribution is 0.0398. The van der Waals surface area contributed by atoms with Gasteiger partial charge in [0.15, 0.2) is 9.84 Å². The van der Waals surface area contributed by atoms with Gasteiger partial charge in [-0.2, -0.15) is 0 Å². The van der Waals surface area contributed by atoms with E-state index in [2.05, 4.69) is 4.98 Å². The highest BCUT2D eigenvalue weighted by Gasteiger charge is 2.62. The zero-order chi connectivity index (χ0) is 18.4. The second-order valence-electron chi connectivity index (χ2n) is 7.01. The van der Waals surface area contributed by atoms with Crippen LogP contribution in [0.2, 0.25) is 0 Å². The maximum absolute atomic E-state index is 12.7. The Morgan fingerprint density at radius 2 is 2.12 bits per heavy atom. The molecule has 2 aliphatic rings. The number of aromatic nitrogens is 2. The zero-order valence-corrected chi connectivity index (χ0v) is 15.4. The number of hydrogen-bond donors (Lipinski definition) is 0. The van der Waals surface area contributed by atoms with Crippen molar-refractivity contribution in [3.05, 3.63) is 48.4 Å². The van der Waals surface area contributed by atoms with Crippen molar-refractivity contribution in [1.82, 2.24) is 14.5 Å². The van der Waals surface area contributed by atoms with Gasteiger partial charge < -0.3 is 14.2 Å². The van der Waals surface area contributed by atoms with Crippen LogP contribution in [0.1, 0.15) is 16.9 Å². The van der Waals surface area contributed by atoms with Crippen molar-refractivity contribution in [1.29, 1.82) is 0 Å². The van der Waals surface area contributed by atoms with Crippen LogP contribution in [0.4, 0.5) is 0 Å². The molecule has 2 aliphatic heterocycles. The number of likely N-dealkylation sites (tertiary alicyclic amines) is 1. The highest BCUT2D eigenvalue weighted by atomic mass is 32.2. The van der Waals surface area contributed by atoms with Crippen LogP contribution in [0.25, 0.3) is 0 Å². The summed E-state index contributed by atoms with van der Waals surface area (Å²) < 4.78 is 32.0. The quantitative estimate of drug-likeness (QED) is 0.800. The molecule has 7 nitrogen and oxygen atoms in total. The molecule has 4 rings (SSSR count). The molecule has 0 aliphatic carbocycles. The maximum atomic E-state index is 12.7. The topological polar surface area (TPSA) is 81.5 Å². The Morgan fingerprint density at radius 1 is 1.31 bits per heavy atom. The summed E-state index contributed by atoms with van der Waals surface area (Å²) >= 11 is 0. The molecule has 1 spiro atoms. The summed E-state index contributed by atoms with van der Waals surface area (Å²) in [4.78, 5) is 18.3. The Morgan fingerprint density at radius 3 is 2.77 bits per heavy atom. The van der Waals surface area contributed by atoms with Gasteiger partial charge in [-0.25, -0.2) is 13.4 Å². The Bertz CT molecular complexity index is 917. The molecule has 0 N–H and O–H groups in total. The van der Waals surface area contributed by atoms with Crippen LogP contribution in [0, 0.1) is 5.92 Å². The fraction of sp³-hybridized carbons (Fsp3) is 0.444. The van der Waals surface area contributed by atoms with Crippen LogP contribution >= 0.6 is 0 Å². The smallest absolute Gasteiger partial charge is 0.270 e. The van der Waals surface area contributed by atoms with Gasteiger partial charge in [0.05, 0.1) is 12.4 Å². The van der Waals surface area contributed by atoms with Gasteiger partial charge in [-0.05, 0) is 24.6 Å². The van der Waals surface area contributed by atoms with E-state index in [4.69, 9.17) is 4.74 Å². The molecule has 2 aromatic rings. The van der Waals surface area contributed by atoms with Crippen LogP contribution in [0.5, 0.6) is 5.88 Å². The van der Waals surface area contributed by atoms with Crippen molar-refractivity contribution in [2.24, 2.45) is 13.0 Å². The zero-order valence-electron chi connectivity index (χ0n) is 14.5. The summed E-state index contributed by atoms with van der Waals surface area (Å²) in [5.41, 5.74) is 0.566. The second-order valence-corrected chi connectivity index (χ2v) is 9.46. The van der Waals surface area contributed by atoms with E-state index in [0.717, 1.165) is 0 Å². The van der Waals surface area contributed by atoms with Crippen LogP contribution < -0.4 is 4.74 Å². The molecule has 0 aromatic carbocycles. The molecular formula is C18H21N3O4S. The number of sulfone groups is 1.